The van der Waals surface area contributed by atoms with Crippen molar-refractivity contribution in [2.24, 2.45) is 0 Å². The Balaban J connectivity index is 1.53. The Morgan fingerprint density at radius 1 is 1.31 bits per heavy atom. The van der Waals surface area contributed by atoms with Crippen LogP contribution in [0.2, 0.25) is 0 Å². The van der Waals surface area contributed by atoms with Crippen molar-refractivity contribution in [2.75, 3.05) is 0 Å². The zero-order chi connectivity index (χ0) is 10.8. The van der Waals surface area contributed by atoms with Crippen LogP contribution in [-0.4, -0.2) is 11.0 Å². The first-order chi connectivity index (χ1) is 7.93. The fraction of sp³-hybridized carbons (Fsp3) is 0.308. The van der Waals surface area contributed by atoms with Crippen molar-refractivity contribution in [2.45, 2.75) is 24.9 Å². The molecule has 0 bridgehead atoms. The third kappa shape index (κ3) is 2.15. The van der Waals surface area contributed by atoms with E-state index in [1.807, 2.05) is 11.7 Å². The lowest BCUT2D eigenvalue weighted by atomic mass is 10.1. The molecule has 82 valence electrons. The average Bonchev–Trinajstić information content (AvgIpc) is 2.93. The van der Waals surface area contributed by atoms with Crippen molar-refractivity contribution in [1.82, 2.24) is 10.3 Å². The molecule has 2 aromatic rings. The molecule has 1 heterocycles. The van der Waals surface area contributed by atoms with E-state index in [0.717, 1.165) is 6.54 Å². The Kier molecular flexibility index (Phi) is 2.72. The standard InChI is InChI=1S/C13H14N2S/c1-2-4-10(5-3-1)12-6-13(12)15-8-11-7-14-9-16-11/h1-5,7,9,12-13,15H,6,8H2. The van der Waals surface area contributed by atoms with Gasteiger partial charge in [-0.25, -0.2) is 0 Å². The first-order valence-corrected chi connectivity index (χ1v) is 6.47. The van der Waals surface area contributed by atoms with E-state index in [-0.39, 0.29) is 0 Å². The molecule has 1 N–H and O–H groups in total. The molecule has 1 saturated carbocycles. The van der Waals surface area contributed by atoms with Crippen LogP contribution >= 0.6 is 11.3 Å². The molecular formula is C13H14N2S. The molecular weight excluding hydrogens is 216 g/mol. The Labute approximate surface area is 99.4 Å². The summed E-state index contributed by atoms with van der Waals surface area (Å²) in [5.74, 6) is 0.717. The summed E-state index contributed by atoms with van der Waals surface area (Å²) >= 11 is 1.72. The summed E-state index contributed by atoms with van der Waals surface area (Å²) < 4.78 is 0. The fourth-order valence-corrected chi connectivity index (χ4v) is 2.60. The van der Waals surface area contributed by atoms with E-state index in [1.54, 1.807) is 11.3 Å². The molecule has 0 spiro atoms. The van der Waals surface area contributed by atoms with Gasteiger partial charge in [0.2, 0.25) is 0 Å². The second-order valence-corrected chi connectivity index (χ2v) is 5.18. The summed E-state index contributed by atoms with van der Waals surface area (Å²) in [6, 6.07) is 11.4. The molecule has 2 unspecified atom stereocenters. The number of nitrogens with one attached hydrogen (secondary N) is 1. The fourth-order valence-electron chi connectivity index (χ4n) is 2.05. The predicted octanol–water partition coefficient (Wildman–Crippen LogP) is 2.79. The van der Waals surface area contributed by atoms with Crippen molar-refractivity contribution >= 4 is 11.3 Å². The topological polar surface area (TPSA) is 24.9 Å². The molecule has 3 rings (SSSR count). The second kappa shape index (κ2) is 4.36. The first kappa shape index (κ1) is 10.00. The molecule has 1 fully saturated rings. The highest BCUT2D eigenvalue weighted by Crippen LogP contribution is 2.40. The number of hydrogen-bond donors (Lipinski definition) is 1. The van der Waals surface area contributed by atoms with Crippen LogP contribution in [0.3, 0.4) is 0 Å². The molecule has 0 amide bonds. The zero-order valence-corrected chi connectivity index (χ0v) is 9.78. The molecule has 3 heteroatoms. The zero-order valence-electron chi connectivity index (χ0n) is 8.97. The molecule has 1 aliphatic rings. The van der Waals surface area contributed by atoms with Gasteiger partial charge in [0.25, 0.3) is 0 Å². The lowest BCUT2D eigenvalue weighted by Gasteiger charge is -2.02. The minimum Gasteiger partial charge on any atom is -0.308 e. The second-order valence-electron chi connectivity index (χ2n) is 4.21. The third-order valence-corrected chi connectivity index (χ3v) is 3.82. The SMILES string of the molecule is c1ccc(C2CC2NCc2cncs2)cc1. The van der Waals surface area contributed by atoms with Gasteiger partial charge in [0, 0.05) is 29.6 Å². The summed E-state index contributed by atoms with van der Waals surface area (Å²) in [6.07, 6.45) is 3.21. The van der Waals surface area contributed by atoms with E-state index in [9.17, 15) is 0 Å². The normalized spacial score (nSPS) is 23.2. The Morgan fingerprint density at radius 3 is 2.94 bits per heavy atom. The van der Waals surface area contributed by atoms with Crippen molar-refractivity contribution in [3.63, 3.8) is 0 Å². The summed E-state index contributed by atoms with van der Waals surface area (Å²) in [4.78, 5) is 5.39. The predicted molar refractivity (Wildman–Crippen MR) is 66.5 cm³/mol. The van der Waals surface area contributed by atoms with E-state index in [4.69, 9.17) is 0 Å². The summed E-state index contributed by atoms with van der Waals surface area (Å²) in [5.41, 5.74) is 3.35. The lowest BCUT2D eigenvalue weighted by Crippen LogP contribution is -2.16. The average molecular weight is 230 g/mol. The molecule has 16 heavy (non-hydrogen) atoms. The molecule has 2 atom stereocenters. The first-order valence-electron chi connectivity index (χ1n) is 5.59. The summed E-state index contributed by atoms with van der Waals surface area (Å²) in [7, 11) is 0. The maximum absolute atomic E-state index is 4.08. The summed E-state index contributed by atoms with van der Waals surface area (Å²) in [5, 5.41) is 3.58. The van der Waals surface area contributed by atoms with Crippen LogP contribution in [0.5, 0.6) is 0 Å². The highest BCUT2D eigenvalue weighted by Gasteiger charge is 2.37. The summed E-state index contributed by atoms with van der Waals surface area (Å²) in [6.45, 7) is 0.957. The Hall–Kier alpha value is -1.19. The van der Waals surface area contributed by atoms with Crippen LogP contribution in [-0.2, 0) is 6.54 Å². The number of hydrogen-bond acceptors (Lipinski definition) is 3. The van der Waals surface area contributed by atoms with Crippen molar-refractivity contribution in [3.05, 3.63) is 52.5 Å². The van der Waals surface area contributed by atoms with Gasteiger partial charge in [0.05, 0.1) is 5.51 Å². The highest BCUT2D eigenvalue weighted by molar-refractivity contribution is 7.09. The van der Waals surface area contributed by atoms with Gasteiger partial charge < -0.3 is 5.32 Å². The van der Waals surface area contributed by atoms with Crippen molar-refractivity contribution in [1.29, 1.82) is 0 Å². The minimum absolute atomic E-state index is 0.657. The van der Waals surface area contributed by atoms with Gasteiger partial charge in [-0.15, -0.1) is 11.3 Å². The number of benzene rings is 1. The molecule has 0 saturated heterocycles. The van der Waals surface area contributed by atoms with E-state index in [2.05, 4.69) is 40.6 Å². The van der Waals surface area contributed by atoms with Crippen LogP contribution in [0.1, 0.15) is 22.8 Å². The van der Waals surface area contributed by atoms with Crippen LogP contribution < -0.4 is 5.32 Å². The van der Waals surface area contributed by atoms with Gasteiger partial charge >= 0.3 is 0 Å². The molecule has 0 aliphatic heterocycles. The maximum Gasteiger partial charge on any atom is 0.0794 e. The maximum atomic E-state index is 4.08. The molecule has 1 aliphatic carbocycles. The van der Waals surface area contributed by atoms with E-state index < -0.39 is 0 Å². The third-order valence-electron chi connectivity index (χ3n) is 3.04. The van der Waals surface area contributed by atoms with Crippen molar-refractivity contribution < 1.29 is 0 Å². The van der Waals surface area contributed by atoms with Crippen molar-refractivity contribution in [3.8, 4) is 0 Å². The largest absolute Gasteiger partial charge is 0.308 e. The van der Waals surface area contributed by atoms with Crippen LogP contribution in [0.25, 0.3) is 0 Å². The van der Waals surface area contributed by atoms with E-state index in [1.165, 1.54) is 16.9 Å². The number of thiazole rings is 1. The molecule has 0 radical (unpaired) electrons. The monoisotopic (exact) mass is 230 g/mol. The van der Waals surface area contributed by atoms with Crippen LogP contribution in [0, 0.1) is 0 Å². The molecule has 1 aromatic carbocycles. The van der Waals surface area contributed by atoms with E-state index in [0.29, 0.717) is 12.0 Å². The Morgan fingerprint density at radius 2 is 2.19 bits per heavy atom. The van der Waals surface area contributed by atoms with Gasteiger partial charge in [-0.1, -0.05) is 30.3 Å². The van der Waals surface area contributed by atoms with E-state index >= 15 is 0 Å². The lowest BCUT2D eigenvalue weighted by molar-refractivity contribution is 0.678. The Bertz CT molecular complexity index is 438. The molecule has 2 nitrogen and oxygen atoms in total. The number of nitrogens with zero attached hydrogens (tertiary/aromatic N) is 1. The van der Waals surface area contributed by atoms with Crippen LogP contribution in [0.4, 0.5) is 0 Å². The van der Waals surface area contributed by atoms with Gasteiger partial charge in [-0.3, -0.25) is 4.98 Å². The smallest absolute Gasteiger partial charge is 0.0794 e. The number of rotatable bonds is 4. The highest BCUT2D eigenvalue weighted by atomic mass is 32.1. The van der Waals surface area contributed by atoms with Gasteiger partial charge in [0.1, 0.15) is 0 Å². The number of aromatic nitrogens is 1. The van der Waals surface area contributed by atoms with Gasteiger partial charge in [-0.2, -0.15) is 0 Å². The van der Waals surface area contributed by atoms with Gasteiger partial charge in [0.15, 0.2) is 0 Å². The minimum atomic E-state index is 0.657. The van der Waals surface area contributed by atoms with Crippen LogP contribution in [0.15, 0.2) is 42.0 Å². The molecule has 1 aromatic heterocycles. The van der Waals surface area contributed by atoms with Gasteiger partial charge in [-0.05, 0) is 12.0 Å². The quantitative estimate of drug-likeness (QED) is 0.873.